The smallest absolute Gasteiger partial charge is 0.340 e. The molecule has 318 valence electrons. The number of methoxy groups -OCH3 is 1. The van der Waals surface area contributed by atoms with Crippen molar-refractivity contribution in [3.8, 4) is 0 Å². The summed E-state index contributed by atoms with van der Waals surface area (Å²) in [6.45, 7) is 13.1. The Morgan fingerprint density at radius 3 is 2.25 bits per heavy atom. The minimum Gasteiger partial charge on any atom is -0.469 e. The number of rotatable bonds is 23. The number of H-pyrrole nitrogens is 1. The molecule has 1 heterocycles. The van der Waals surface area contributed by atoms with Gasteiger partial charge in [0, 0.05) is 31.3 Å². The van der Waals surface area contributed by atoms with Gasteiger partial charge in [0.15, 0.2) is 0 Å². The lowest BCUT2D eigenvalue weighted by Crippen LogP contribution is -2.55. The number of aromatic amines is 1. The molecule has 0 saturated carbocycles. The number of anilines is 1. The van der Waals surface area contributed by atoms with E-state index in [-0.39, 0.29) is 61.2 Å². The van der Waals surface area contributed by atoms with Crippen LogP contribution in [0.3, 0.4) is 0 Å². The molecule has 1 aromatic carbocycles. The second kappa shape index (κ2) is 23.3. The summed E-state index contributed by atoms with van der Waals surface area (Å²) in [6.07, 6.45) is 3.73. The molecule has 4 amide bonds. The van der Waals surface area contributed by atoms with Crippen LogP contribution >= 0.6 is 0 Å². The molecule has 0 spiro atoms. The van der Waals surface area contributed by atoms with Crippen LogP contribution in [-0.2, 0) is 46.3 Å². The molecule has 3 unspecified atom stereocenters. The number of amides is 4. The molecule has 0 bridgehead atoms. The first-order valence-corrected chi connectivity index (χ1v) is 19.5. The van der Waals surface area contributed by atoms with E-state index in [9.17, 15) is 33.9 Å². The SMILES string of the molecule is CC[C@H](C)[C@H](NC(=O)CCCCNC(=O)C(Cc1c[nH]cn1)NC(=O)C(N)Cc1ccc(C(=O)OC(C)(C)C)c(N)c1)C(=O)NC(CC(C)C)[C@@H](O)CC(=O)OC. The van der Waals surface area contributed by atoms with Crippen molar-refractivity contribution in [1.82, 2.24) is 31.2 Å². The largest absolute Gasteiger partial charge is 0.469 e. The fourth-order valence-corrected chi connectivity index (χ4v) is 5.89. The maximum Gasteiger partial charge on any atom is 0.340 e. The number of nitrogen functional groups attached to an aromatic ring is 1. The molecular weight excluding hydrogens is 736 g/mol. The number of nitrogens with two attached hydrogens (primary N) is 2. The molecule has 10 N–H and O–H groups in total. The van der Waals surface area contributed by atoms with Gasteiger partial charge in [-0.05, 0) is 76.0 Å². The summed E-state index contributed by atoms with van der Waals surface area (Å²) in [4.78, 5) is 84.2. The molecule has 17 nitrogen and oxygen atoms in total. The number of carbonyl (C=O) groups excluding carboxylic acids is 6. The fraction of sp³-hybridized carbons (Fsp3) is 0.625. The Kier molecular flexibility index (Phi) is 19.6. The minimum absolute atomic E-state index is 0.0822. The monoisotopic (exact) mass is 800 g/mol. The quantitative estimate of drug-likeness (QED) is 0.0455. The molecule has 6 atom stereocenters. The molecule has 0 aliphatic heterocycles. The van der Waals surface area contributed by atoms with E-state index >= 15 is 0 Å². The number of nitrogens with zero attached hydrogens (tertiary/aromatic N) is 1. The van der Waals surface area contributed by atoms with Crippen molar-refractivity contribution in [2.24, 2.45) is 17.6 Å². The molecule has 1 aromatic heterocycles. The van der Waals surface area contributed by atoms with Crippen LogP contribution in [0.2, 0.25) is 0 Å². The average molecular weight is 801 g/mol. The third kappa shape index (κ3) is 17.3. The summed E-state index contributed by atoms with van der Waals surface area (Å²) in [5.74, 6) is -3.12. The first kappa shape index (κ1) is 48.1. The van der Waals surface area contributed by atoms with Crippen molar-refractivity contribution in [3.63, 3.8) is 0 Å². The lowest BCUT2D eigenvalue weighted by Gasteiger charge is -2.29. The lowest BCUT2D eigenvalue weighted by molar-refractivity contribution is -0.144. The van der Waals surface area contributed by atoms with Crippen LogP contribution in [0.1, 0.15) is 109 Å². The third-order valence-electron chi connectivity index (χ3n) is 9.19. The van der Waals surface area contributed by atoms with Crippen LogP contribution in [0.5, 0.6) is 0 Å². The number of nitrogens with one attached hydrogen (secondary N) is 5. The molecule has 17 heteroatoms. The van der Waals surface area contributed by atoms with Crippen LogP contribution < -0.4 is 32.7 Å². The minimum atomic E-state index is -1.16. The molecule has 0 saturated heterocycles. The molecule has 0 aliphatic rings. The van der Waals surface area contributed by atoms with Crippen LogP contribution in [0.15, 0.2) is 30.7 Å². The summed E-state index contributed by atoms with van der Waals surface area (Å²) in [5.41, 5.74) is 13.2. The highest BCUT2D eigenvalue weighted by Gasteiger charge is 2.31. The Bertz CT molecular complexity index is 1630. The number of aliphatic hydroxyl groups excluding tert-OH is 1. The topological polar surface area (TPSA) is 270 Å². The van der Waals surface area contributed by atoms with Crippen molar-refractivity contribution in [2.75, 3.05) is 19.4 Å². The van der Waals surface area contributed by atoms with Gasteiger partial charge < -0.3 is 52.3 Å². The van der Waals surface area contributed by atoms with Crippen molar-refractivity contribution in [1.29, 1.82) is 0 Å². The molecule has 2 aromatic rings. The number of hydrogen-bond donors (Lipinski definition) is 8. The average Bonchev–Trinajstić information content (AvgIpc) is 3.64. The van der Waals surface area contributed by atoms with Crippen LogP contribution in [-0.4, -0.2) is 100 Å². The third-order valence-corrected chi connectivity index (χ3v) is 9.19. The summed E-state index contributed by atoms with van der Waals surface area (Å²) >= 11 is 0. The van der Waals surface area contributed by atoms with Gasteiger partial charge in [-0.15, -0.1) is 0 Å². The Hall–Kier alpha value is -5.03. The first-order valence-electron chi connectivity index (χ1n) is 19.5. The summed E-state index contributed by atoms with van der Waals surface area (Å²) < 4.78 is 10.1. The standard InChI is InChI=1S/C40H64N8O9/c1-9-24(4)35(38(54)46-30(16-23(2)3)32(49)20-34(51)56-8)48-33(50)12-10-11-15-44-37(53)31(19-26-21-43-22-45-26)47-36(52)29(42)18-25-13-14-27(28(41)17-25)39(55)57-40(5,6)7/h13-14,17,21-24,29-32,35,49H,9-12,15-16,18-20,41-42H2,1-8H3,(H,43,45)(H,44,53)(H,46,54)(H,47,52)(H,48,50)/t24-,29?,30?,31?,32-,35-/m0/s1. The lowest BCUT2D eigenvalue weighted by atomic mass is 9.94. The second-order valence-electron chi connectivity index (χ2n) is 15.8. The number of benzene rings is 1. The van der Waals surface area contributed by atoms with E-state index in [0.29, 0.717) is 36.9 Å². The number of aliphatic hydroxyl groups is 1. The molecule has 2 rings (SSSR count). The predicted octanol–water partition coefficient (Wildman–Crippen LogP) is 1.82. The van der Waals surface area contributed by atoms with Gasteiger partial charge in [-0.25, -0.2) is 9.78 Å². The molecule has 0 aliphatic carbocycles. The highest BCUT2D eigenvalue weighted by atomic mass is 16.6. The Morgan fingerprint density at radius 1 is 0.965 bits per heavy atom. The Balaban J connectivity index is 1.96. The molecule has 0 radical (unpaired) electrons. The number of carbonyl (C=O) groups is 6. The van der Waals surface area contributed by atoms with Gasteiger partial charge >= 0.3 is 11.9 Å². The van der Waals surface area contributed by atoms with Crippen molar-refractivity contribution >= 4 is 41.3 Å². The van der Waals surface area contributed by atoms with E-state index in [0.717, 1.165) is 0 Å². The number of ether oxygens (including phenoxy) is 2. The van der Waals surface area contributed by atoms with Gasteiger partial charge in [-0.3, -0.25) is 24.0 Å². The van der Waals surface area contributed by atoms with E-state index in [1.807, 2.05) is 27.7 Å². The number of aromatic nitrogens is 2. The summed E-state index contributed by atoms with van der Waals surface area (Å²) in [7, 11) is 1.23. The number of unbranched alkanes of at least 4 members (excludes halogenated alkanes) is 1. The van der Waals surface area contributed by atoms with Crippen LogP contribution in [0.25, 0.3) is 0 Å². The van der Waals surface area contributed by atoms with Gasteiger partial charge in [-0.2, -0.15) is 0 Å². The molecule has 57 heavy (non-hydrogen) atoms. The van der Waals surface area contributed by atoms with Gasteiger partial charge in [0.1, 0.15) is 17.7 Å². The van der Waals surface area contributed by atoms with Crippen molar-refractivity contribution in [3.05, 3.63) is 47.5 Å². The van der Waals surface area contributed by atoms with E-state index in [1.54, 1.807) is 39.1 Å². The normalized spacial score (nSPS) is 14.6. The predicted molar refractivity (Wildman–Crippen MR) is 214 cm³/mol. The maximum absolute atomic E-state index is 13.4. The summed E-state index contributed by atoms with van der Waals surface area (Å²) in [5, 5.41) is 21.9. The Morgan fingerprint density at radius 2 is 1.67 bits per heavy atom. The number of hydrogen-bond acceptors (Lipinski definition) is 12. The Labute approximate surface area is 335 Å². The zero-order valence-electron chi connectivity index (χ0n) is 34.6. The van der Waals surface area contributed by atoms with E-state index in [1.165, 1.54) is 19.5 Å². The number of imidazole rings is 1. The van der Waals surface area contributed by atoms with Gasteiger partial charge in [0.25, 0.3) is 0 Å². The second-order valence-corrected chi connectivity index (χ2v) is 15.8. The summed E-state index contributed by atoms with van der Waals surface area (Å²) in [6, 6.07) is 1.09. The van der Waals surface area contributed by atoms with Crippen LogP contribution in [0.4, 0.5) is 5.69 Å². The highest BCUT2D eigenvalue weighted by molar-refractivity contribution is 5.95. The van der Waals surface area contributed by atoms with E-state index in [2.05, 4.69) is 36.0 Å². The van der Waals surface area contributed by atoms with Crippen molar-refractivity contribution < 1.29 is 43.3 Å². The van der Waals surface area contributed by atoms with Crippen LogP contribution in [0, 0.1) is 11.8 Å². The zero-order chi connectivity index (χ0) is 42.9. The molecular formula is C40H64N8O9. The van der Waals surface area contributed by atoms with Gasteiger partial charge in [0.2, 0.25) is 23.6 Å². The van der Waals surface area contributed by atoms with E-state index in [4.69, 9.17) is 16.2 Å². The molecule has 0 fully saturated rings. The van der Waals surface area contributed by atoms with Gasteiger partial charge in [0.05, 0.1) is 49.3 Å². The number of esters is 2. The zero-order valence-corrected chi connectivity index (χ0v) is 34.6. The van der Waals surface area contributed by atoms with E-state index < -0.39 is 65.5 Å². The van der Waals surface area contributed by atoms with Gasteiger partial charge in [-0.1, -0.05) is 40.2 Å². The maximum atomic E-state index is 13.4. The van der Waals surface area contributed by atoms with Crippen molar-refractivity contribution in [2.45, 2.75) is 136 Å². The highest BCUT2D eigenvalue weighted by Crippen LogP contribution is 2.20. The first-order chi connectivity index (χ1) is 26.7. The fourth-order valence-electron chi connectivity index (χ4n) is 5.89.